The van der Waals surface area contributed by atoms with Crippen LogP contribution in [0.15, 0.2) is 15.6 Å². The standard InChI is InChI=1S/C2H2N2O2.C2H6/c5-2-1-3-6-4-2;1-2/h1H,(H,4,5);1-2H3. The Morgan fingerprint density at radius 2 is 2.38 bits per heavy atom. The fourth-order valence-electron chi connectivity index (χ4n) is 0.172. The lowest BCUT2D eigenvalue weighted by molar-refractivity contribution is 0.303. The molecule has 0 aliphatic rings. The number of aromatic nitrogens is 2. The highest BCUT2D eigenvalue weighted by Crippen LogP contribution is 1.51. The fourth-order valence-corrected chi connectivity index (χ4v) is 0.172. The van der Waals surface area contributed by atoms with E-state index < -0.39 is 0 Å². The summed E-state index contributed by atoms with van der Waals surface area (Å²) in [5, 5.41) is 5.04. The van der Waals surface area contributed by atoms with Crippen molar-refractivity contribution < 1.29 is 4.63 Å². The summed E-state index contributed by atoms with van der Waals surface area (Å²) < 4.78 is 4.03. The van der Waals surface area contributed by atoms with Gasteiger partial charge >= 0.3 is 5.56 Å². The van der Waals surface area contributed by atoms with Gasteiger partial charge in [-0.3, -0.25) is 9.42 Å². The van der Waals surface area contributed by atoms with Crippen LogP contribution in [0.5, 0.6) is 0 Å². The number of hydrogen-bond donors (Lipinski definition) is 1. The Labute approximate surface area is 46.5 Å². The van der Waals surface area contributed by atoms with Crippen molar-refractivity contribution in [3.63, 3.8) is 0 Å². The molecule has 0 bridgehead atoms. The van der Waals surface area contributed by atoms with Crippen LogP contribution in [0.25, 0.3) is 0 Å². The minimum absolute atomic E-state index is 0.310. The van der Waals surface area contributed by atoms with Crippen LogP contribution in [0, 0.1) is 0 Å². The lowest BCUT2D eigenvalue weighted by Crippen LogP contribution is -1.92. The minimum Gasteiger partial charge on any atom is -0.267 e. The molecule has 1 N–H and O–H groups in total. The van der Waals surface area contributed by atoms with Crippen molar-refractivity contribution in [2.45, 2.75) is 13.8 Å². The van der Waals surface area contributed by atoms with Gasteiger partial charge in [0.2, 0.25) is 0 Å². The van der Waals surface area contributed by atoms with Crippen LogP contribution in [0.3, 0.4) is 0 Å². The van der Waals surface area contributed by atoms with Crippen molar-refractivity contribution in [1.82, 2.24) is 10.3 Å². The van der Waals surface area contributed by atoms with E-state index >= 15 is 0 Å². The average molecular weight is 116 g/mol. The van der Waals surface area contributed by atoms with Crippen LogP contribution in [0.1, 0.15) is 13.8 Å². The first-order chi connectivity index (χ1) is 3.89. The molecule has 0 amide bonds. The predicted molar refractivity (Wildman–Crippen MR) is 28.5 cm³/mol. The number of H-pyrrole nitrogens is 1. The Morgan fingerprint density at radius 1 is 1.75 bits per heavy atom. The summed E-state index contributed by atoms with van der Waals surface area (Å²) in [6.45, 7) is 4.00. The lowest BCUT2D eigenvalue weighted by Gasteiger charge is -1.50. The number of nitrogens with zero attached hydrogens (tertiary/aromatic N) is 1. The number of rotatable bonds is 0. The maximum Gasteiger partial charge on any atom is 0.300 e. The largest absolute Gasteiger partial charge is 0.300 e. The van der Waals surface area contributed by atoms with Gasteiger partial charge in [-0.15, -0.1) is 0 Å². The fraction of sp³-hybridized carbons (Fsp3) is 0.500. The van der Waals surface area contributed by atoms with Crippen LogP contribution in [0.4, 0.5) is 0 Å². The highest BCUT2D eigenvalue weighted by molar-refractivity contribution is 4.57. The van der Waals surface area contributed by atoms with Crippen molar-refractivity contribution in [2.75, 3.05) is 0 Å². The Balaban J connectivity index is 0.000000222. The van der Waals surface area contributed by atoms with E-state index in [4.69, 9.17) is 0 Å². The highest BCUT2D eigenvalue weighted by Gasteiger charge is 1.74. The SMILES string of the molecule is CC.O=c1cno[nH]1. The van der Waals surface area contributed by atoms with Crippen molar-refractivity contribution in [3.8, 4) is 0 Å². The maximum absolute atomic E-state index is 9.86. The van der Waals surface area contributed by atoms with Crippen molar-refractivity contribution in [3.05, 3.63) is 16.6 Å². The molecule has 0 radical (unpaired) electrons. The van der Waals surface area contributed by atoms with Crippen molar-refractivity contribution >= 4 is 0 Å². The Bertz CT molecular complexity index is 150. The van der Waals surface area contributed by atoms with E-state index in [-0.39, 0.29) is 5.56 Å². The van der Waals surface area contributed by atoms with Gasteiger partial charge in [-0.05, 0) is 0 Å². The first-order valence-electron chi connectivity index (χ1n) is 2.39. The molecule has 0 saturated carbocycles. The molecule has 1 rings (SSSR count). The van der Waals surface area contributed by atoms with Gasteiger partial charge in [-0.2, -0.15) is 5.16 Å². The number of hydrogen-bond acceptors (Lipinski definition) is 3. The summed E-state index contributed by atoms with van der Waals surface area (Å²) in [5.74, 6) is 0. The average Bonchev–Trinajstić information content (AvgIpc) is 2.24. The molecule has 0 spiro atoms. The zero-order valence-electron chi connectivity index (χ0n) is 4.84. The zero-order chi connectivity index (χ0) is 6.41. The first-order valence-corrected chi connectivity index (χ1v) is 2.39. The van der Waals surface area contributed by atoms with E-state index in [0.717, 1.165) is 6.20 Å². The molecule has 1 heterocycles. The Kier molecular flexibility index (Phi) is 3.56. The lowest BCUT2D eigenvalue weighted by atomic mass is 10.9. The van der Waals surface area contributed by atoms with E-state index in [1.807, 2.05) is 19.0 Å². The second-order valence-electron chi connectivity index (χ2n) is 0.792. The van der Waals surface area contributed by atoms with E-state index in [1.165, 1.54) is 0 Å². The topological polar surface area (TPSA) is 58.9 Å². The summed E-state index contributed by atoms with van der Waals surface area (Å²) in [5.41, 5.74) is -0.310. The minimum atomic E-state index is -0.310. The summed E-state index contributed by atoms with van der Waals surface area (Å²) in [6, 6.07) is 0. The van der Waals surface area contributed by atoms with Gasteiger partial charge in [0.25, 0.3) is 0 Å². The van der Waals surface area contributed by atoms with Gasteiger partial charge in [0.05, 0.1) is 0 Å². The monoisotopic (exact) mass is 116 g/mol. The summed E-state index contributed by atoms with van der Waals surface area (Å²) in [7, 11) is 0. The molecule has 0 aliphatic carbocycles. The Hall–Kier alpha value is -1.06. The molecule has 4 nitrogen and oxygen atoms in total. The van der Waals surface area contributed by atoms with Gasteiger partial charge < -0.3 is 0 Å². The van der Waals surface area contributed by atoms with Crippen LogP contribution < -0.4 is 5.56 Å². The molecule has 1 aromatic heterocycles. The van der Waals surface area contributed by atoms with Gasteiger partial charge in [-0.1, -0.05) is 19.0 Å². The molecule has 0 saturated heterocycles. The van der Waals surface area contributed by atoms with E-state index in [9.17, 15) is 4.79 Å². The second kappa shape index (κ2) is 4.11. The summed E-state index contributed by atoms with van der Waals surface area (Å²) in [6.07, 6.45) is 1.06. The van der Waals surface area contributed by atoms with Crippen LogP contribution in [-0.2, 0) is 0 Å². The third kappa shape index (κ3) is 2.17. The van der Waals surface area contributed by atoms with Gasteiger partial charge in [-0.25, -0.2) is 0 Å². The predicted octanol–water partition coefficient (Wildman–Crippen LogP) is 0.389. The van der Waals surface area contributed by atoms with E-state index in [2.05, 4.69) is 9.79 Å². The summed E-state index contributed by atoms with van der Waals surface area (Å²) >= 11 is 0. The number of aromatic amines is 1. The van der Waals surface area contributed by atoms with Gasteiger partial charge in [0.15, 0.2) is 0 Å². The van der Waals surface area contributed by atoms with E-state index in [1.54, 1.807) is 0 Å². The van der Waals surface area contributed by atoms with Crippen LogP contribution in [-0.4, -0.2) is 10.3 Å². The van der Waals surface area contributed by atoms with Crippen molar-refractivity contribution in [1.29, 1.82) is 0 Å². The van der Waals surface area contributed by atoms with Gasteiger partial charge in [0.1, 0.15) is 6.20 Å². The van der Waals surface area contributed by atoms with Crippen LogP contribution in [0.2, 0.25) is 0 Å². The molecule has 0 aromatic carbocycles. The van der Waals surface area contributed by atoms with Crippen molar-refractivity contribution in [2.24, 2.45) is 0 Å². The second-order valence-corrected chi connectivity index (χ2v) is 0.792. The molecule has 46 valence electrons. The molecular formula is C4H8N2O2. The molecule has 0 aliphatic heterocycles. The molecule has 0 unspecified atom stereocenters. The third-order valence-electron chi connectivity index (χ3n) is 0.369. The molecule has 0 fully saturated rings. The smallest absolute Gasteiger partial charge is 0.267 e. The van der Waals surface area contributed by atoms with Crippen LogP contribution >= 0.6 is 0 Å². The summed E-state index contributed by atoms with van der Waals surface area (Å²) in [4.78, 5) is 9.86. The zero-order valence-corrected chi connectivity index (χ0v) is 4.84. The first kappa shape index (κ1) is 6.94. The van der Waals surface area contributed by atoms with Gasteiger partial charge in [0, 0.05) is 0 Å². The quantitative estimate of drug-likeness (QED) is 0.533. The maximum atomic E-state index is 9.86. The Morgan fingerprint density at radius 3 is 2.50 bits per heavy atom. The number of nitrogens with one attached hydrogen (secondary N) is 1. The normalized spacial score (nSPS) is 7.25. The molecule has 1 aromatic rings. The van der Waals surface area contributed by atoms with E-state index in [0.29, 0.717) is 0 Å². The molecule has 8 heavy (non-hydrogen) atoms. The molecule has 0 atom stereocenters. The molecule has 4 heteroatoms. The molecular weight excluding hydrogens is 108 g/mol. The third-order valence-corrected chi connectivity index (χ3v) is 0.369. The highest BCUT2D eigenvalue weighted by atomic mass is 16.6.